The molecule has 3 nitrogen and oxygen atoms in total. The maximum Gasteiger partial charge on any atom is 0.123 e. The quantitative estimate of drug-likeness (QED) is 0.901. The van der Waals surface area contributed by atoms with Crippen LogP contribution in [0.5, 0.6) is 5.75 Å². The highest BCUT2D eigenvalue weighted by molar-refractivity contribution is 9.10. The van der Waals surface area contributed by atoms with Crippen LogP contribution in [0.4, 0.5) is 0 Å². The van der Waals surface area contributed by atoms with Gasteiger partial charge in [-0.2, -0.15) is 0 Å². The molecule has 0 unspecified atom stereocenters. The molecule has 100 valence electrons. The first-order valence-electron chi connectivity index (χ1n) is 6.57. The third kappa shape index (κ3) is 2.87. The van der Waals surface area contributed by atoms with Crippen molar-refractivity contribution in [1.82, 2.24) is 10.2 Å². The average Bonchev–Trinajstić information content (AvgIpc) is 2.37. The lowest BCUT2D eigenvalue weighted by Gasteiger charge is -2.35. The zero-order valence-corrected chi connectivity index (χ0v) is 12.6. The fourth-order valence-corrected chi connectivity index (χ4v) is 3.27. The van der Waals surface area contributed by atoms with Crippen LogP contribution in [-0.2, 0) is 0 Å². The number of halogens is 1. The van der Waals surface area contributed by atoms with Crippen LogP contribution in [0.3, 0.4) is 0 Å². The molecular weight excluding hydrogens is 292 g/mol. The standard InChI is InChI=1S/C14H21BrN2O/c1-3-13(17-6-4-16-5-7-17)12-9-11(15)8-10(2)14(12)18/h8-9,13,16,18H,3-7H2,1-2H3/t13-/m0/s1. The summed E-state index contributed by atoms with van der Waals surface area (Å²) in [6.45, 7) is 8.29. The minimum Gasteiger partial charge on any atom is -0.507 e. The lowest BCUT2D eigenvalue weighted by Crippen LogP contribution is -2.45. The Morgan fingerprint density at radius 1 is 1.39 bits per heavy atom. The van der Waals surface area contributed by atoms with Crippen molar-refractivity contribution in [1.29, 1.82) is 0 Å². The van der Waals surface area contributed by atoms with Gasteiger partial charge in [-0.05, 0) is 31.0 Å². The summed E-state index contributed by atoms with van der Waals surface area (Å²) in [7, 11) is 0. The number of hydrogen-bond acceptors (Lipinski definition) is 3. The molecule has 1 atom stereocenters. The predicted molar refractivity (Wildman–Crippen MR) is 78.0 cm³/mol. The second-order valence-electron chi connectivity index (χ2n) is 4.87. The van der Waals surface area contributed by atoms with E-state index in [1.54, 1.807) is 0 Å². The molecule has 0 spiro atoms. The van der Waals surface area contributed by atoms with E-state index >= 15 is 0 Å². The van der Waals surface area contributed by atoms with Crippen molar-refractivity contribution in [2.24, 2.45) is 0 Å². The van der Waals surface area contributed by atoms with Gasteiger partial charge < -0.3 is 10.4 Å². The van der Waals surface area contributed by atoms with Gasteiger partial charge >= 0.3 is 0 Å². The minimum atomic E-state index is 0.309. The Labute approximate surface area is 117 Å². The van der Waals surface area contributed by atoms with Gasteiger partial charge in [-0.3, -0.25) is 4.90 Å². The molecule has 1 aromatic rings. The van der Waals surface area contributed by atoms with E-state index in [9.17, 15) is 5.11 Å². The molecule has 1 aliphatic rings. The second kappa shape index (κ2) is 6.04. The molecule has 0 bridgehead atoms. The van der Waals surface area contributed by atoms with Gasteiger partial charge in [0, 0.05) is 42.3 Å². The summed E-state index contributed by atoms with van der Waals surface area (Å²) in [5.41, 5.74) is 1.99. The fraction of sp³-hybridized carbons (Fsp3) is 0.571. The molecule has 4 heteroatoms. The van der Waals surface area contributed by atoms with Crippen LogP contribution >= 0.6 is 15.9 Å². The van der Waals surface area contributed by atoms with Gasteiger partial charge in [0.05, 0.1) is 0 Å². The van der Waals surface area contributed by atoms with Crippen molar-refractivity contribution < 1.29 is 5.11 Å². The van der Waals surface area contributed by atoms with Crippen LogP contribution in [-0.4, -0.2) is 36.2 Å². The normalized spacial score (nSPS) is 18.8. The van der Waals surface area contributed by atoms with E-state index in [-0.39, 0.29) is 0 Å². The smallest absolute Gasteiger partial charge is 0.123 e. The predicted octanol–water partition coefficient (Wildman–Crippen LogP) is 2.82. The van der Waals surface area contributed by atoms with E-state index in [4.69, 9.17) is 0 Å². The lowest BCUT2D eigenvalue weighted by molar-refractivity contribution is 0.166. The summed E-state index contributed by atoms with van der Waals surface area (Å²) in [6.07, 6.45) is 1.02. The highest BCUT2D eigenvalue weighted by atomic mass is 79.9. The number of piperazine rings is 1. The summed E-state index contributed by atoms with van der Waals surface area (Å²) >= 11 is 3.53. The zero-order valence-electron chi connectivity index (χ0n) is 11.0. The van der Waals surface area contributed by atoms with Gasteiger partial charge in [0.15, 0.2) is 0 Å². The van der Waals surface area contributed by atoms with Crippen molar-refractivity contribution in [3.63, 3.8) is 0 Å². The molecule has 1 aliphatic heterocycles. The molecule has 0 saturated carbocycles. The molecule has 1 aromatic carbocycles. The zero-order chi connectivity index (χ0) is 13.1. The van der Waals surface area contributed by atoms with Crippen LogP contribution in [0.2, 0.25) is 0 Å². The first-order chi connectivity index (χ1) is 8.63. The SMILES string of the molecule is CC[C@@H](c1cc(Br)cc(C)c1O)N1CCNCC1. The molecule has 0 aromatic heterocycles. The van der Waals surface area contributed by atoms with E-state index in [2.05, 4.69) is 39.1 Å². The van der Waals surface area contributed by atoms with E-state index < -0.39 is 0 Å². The molecule has 2 N–H and O–H groups in total. The molecule has 1 heterocycles. The van der Waals surface area contributed by atoms with E-state index in [1.807, 2.05) is 13.0 Å². The van der Waals surface area contributed by atoms with Gasteiger partial charge in [0.25, 0.3) is 0 Å². The number of nitrogens with one attached hydrogen (secondary N) is 1. The maximum atomic E-state index is 10.3. The number of aryl methyl sites for hydroxylation is 1. The molecule has 18 heavy (non-hydrogen) atoms. The van der Waals surface area contributed by atoms with Crippen LogP contribution in [0.1, 0.15) is 30.5 Å². The van der Waals surface area contributed by atoms with Gasteiger partial charge in [-0.25, -0.2) is 0 Å². The topological polar surface area (TPSA) is 35.5 Å². The Kier molecular flexibility index (Phi) is 4.65. The van der Waals surface area contributed by atoms with E-state index in [0.717, 1.165) is 48.2 Å². The Balaban J connectivity index is 2.31. The second-order valence-corrected chi connectivity index (χ2v) is 5.79. The third-order valence-corrected chi connectivity index (χ3v) is 4.09. The lowest BCUT2D eigenvalue weighted by atomic mass is 9.98. The highest BCUT2D eigenvalue weighted by Gasteiger charge is 2.23. The van der Waals surface area contributed by atoms with Crippen LogP contribution < -0.4 is 5.32 Å². The van der Waals surface area contributed by atoms with Gasteiger partial charge in [0.2, 0.25) is 0 Å². The first kappa shape index (κ1) is 13.8. The summed E-state index contributed by atoms with van der Waals surface area (Å²) < 4.78 is 1.04. The maximum absolute atomic E-state index is 10.3. The molecule has 1 fully saturated rings. The molecule has 2 rings (SSSR count). The van der Waals surface area contributed by atoms with Crippen molar-refractivity contribution in [2.45, 2.75) is 26.3 Å². The Morgan fingerprint density at radius 2 is 2.06 bits per heavy atom. The summed E-state index contributed by atoms with van der Waals surface area (Å²) in [5, 5.41) is 13.7. The van der Waals surface area contributed by atoms with Crippen LogP contribution in [0, 0.1) is 6.92 Å². The Hall–Kier alpha value is -0.580. The van der Waals surface area contributed by atoms with Crippen LogP contribution in [0.25, 0.3) is 0 Å². The van der Waals surface area contributed by atoms with Crippen molar-refractivity contribution in [2.75, 3.05) is 26.2 Å². The van der Waals surface area contributed by atoms with Gasteiger partial charge in [-0.15, -0.1) is 0 Å². The molecule has 0 amide bonds. The van der Waals surface area contributed by atoms with E-state index in [0.29, 0.717) is 11.8 Å². The number of benzene rings is 1. The number of nitrogens with zero attached hydrogens (tertiary/aromatic N) is 1. The number of phenols is 1. The van der Waals surface area contributed by atoms with Gasteiger partial charge in [-0.1, -0.05) is 22.9 Å². The summed E-state index contributed by atoms with van der Waals surface area (Å²) in [5.74, 6) is 0.448. The Morgan fingerprint density at radius 3 is 2.67 bits per heavy atom. The number of phenolic OH excluding ortho intramolecular Hbond substituents is 1. The minimum absolute atomic E-state index is 0.309. The van der Waals surface area contributed by atoms with Crippen molar-refractivity contribution >= 4 is 15.9 Å². The number of aromatic hydroxyl groups is 1. The first-order valence-corrected chi connectivity index (χ1v) is 7.36. The number of rotatable bonds is 3. The van der Waals surface area contributed by atoms with Crippen molar-refractivity contribution in [3.8, 4) is 5.75 Å². The summed E-state index contributed by atoms with van der Waals surface area (Å²) in [6, 6.07) is 4.32. The monoisotopic (exact) mass is 312 g/mol. The molecule has 1 saturated heterocycles. The Bertz CT molecular complexity index is 417. The van der Waals surface area contributed by atoms with Crippen LogP contribution in [0.15, 0.2) is 16.6 Å². The third-order valence-electron chi connectivity index (χ3n) is 3.63. The average molecular weight is 313 g/mol. The largest absolute Gasteiger partial charge is 0.507 e. The number of hydrogen-bond donors (Lipinski definition) is 2. The van der Waals surface area contributed by atoms with E-state index in [1.165, 1.54) is 0 Å². The van der Waals surface area contributed by atoms with Crippen molar-refractivity contribution in [3.05, 3.63) is 27.7 Å². The molecular formula is C14H21BrN2O. The highest BCUT2D eigenvalue weighted by Crippen LogP contribution is 2.35. The van der Waals surface area contributed by atoms with Gasteiger partial charge in [0.1, 0.15) is 5.75 Å². The molecule has 0 radical (unpaired) electrons. The fourth-order valence-electron chi connectivity index (χ4n) is 2.68. The summed E-state index contributed by atoms with van der Waals surface area (Å²) in [4.78, 5) is 2.46. The molecule has 0 aliphatic carbocycles.